The van der Waals surface area contributed by atoms with Gasteiger partial charge in [-0.2, -0.15) is 0 Å². The number of non-ortho nitro benzene ring substituents is 1. The molecule has 158 valence electrons. The van der Waals surface area contributed by atoms with Gasteiger partial charge >= 0.3 is 0 Å². The van der Waals surface area contributed by atoms with Crippen molar-refractivity contribution in [3.8, 4) is 11.3 Å². The minimum absolute atomic E-state index is 0.0772. The highest BCUT2D eigenvalue weighted by atomic mass is 35.5. The molecule has 0 unspecified atom stereocenters. The molecule has 11 heteroatoms. The van der Waals surface area contributed by atoms with Crippen LogP contribution in [0.5, 0.6) is 0 Å². The number of hydrogen-bond donors (Lipinski definition) is 0. The molecule has 2 aromatic carbocycles. The summed E-state index contributed by atoms with van der Waals surface area (Å²) in [6, 6.07) is 9.03. The van der Waals surface area contributed by atoms with Gasteiger partial charge in [-0.1, -0.05) is 16.8 Å². The number of amides is 1. The standard InChI is InChI=1S/C20H15ClN4O6/c1-11-16(8-14(24(27)28)9-18(11)25(29)30)20(26)23-7-6-15-17(10-23)22-31-19(15)12-2-4-13(21)5-3-12/h2-5,8-9H,6-7,10H2,1H3. The summed E-state index contributed by atoms with van der Waals surface area (Å²) < 4.78 is 5.49. The molecule has 10 nitrogen and oxygen atoms in total. The van der Waals surface area contributed by atoms with Gasteiger partial charge in [0.25, 0.3) is 17.3 Å². The van der Waals surface area contributed by atoms with Crippen LogP contribution < -0.4 is 0 Å². The molecule has 0 radical (unpaired) electrons. The molecule has 1 aliphatic rings. The van der Waals surface area contributed by atoms with Crippen LogP contribution in [-0.4, -0.2) is 32.4 Å². The number of halogens is 1. The predicted octanol–water partition coefficient (Wildman–Crippen LogP) is 4.32. The Morgan fingerprint density at radius 2 is 1.87 bits per heavy atom. The number of nitro benzene ring substituents is 2. The van der Waals surface area contributed by atoms with Crippen LogP contribution in [0.4, 0.5) is 11.4 Å². The van der Waals surface area contributed by atoms with E-state index in [1.807, 2.05) is 12.1 Å². The molecule has 0 atom stereocenters. The maximum atomic E-state index is 13.1. The van der Waals surface area contributed by atoms with Gasteiger partial charge in [0.05, 0.1) is 28.0 Å². The van der Waals surface area contributed by atoms with Gasteiger partial charge in [0, 0.05) is 34.3 Å². The third-order valence-electron chi connectivity index (χ3n) is 5.24. The maximum absolute atomic E-state index is 13.1. The van der Waals surface area contributed by atoms with Gasteiger partial charge in [-0.3, -0.25) is 25.0 Å². The smallest absolute Gasteiger partial charge is 0.279 e. The Kier molecular flexibility index (Phi) is 5.15. The number of benzene rings is 2. The molecular formula is C20H15ClN4O6. The van der Waals surface area contributed by atoms with Gasteiger partial charge < -0.3 is 9.42 Å². The van der Waals surface area contributed by atoms with Crippen LogP contribution in [0.1, 0.15) is 27.2 Å². The van der Waals surface area contributed by atoms with Gasteiger partial charge in [-0.05, 0) is 37.6 Å². The normalized spacial score (nSPS) is 13.0. The zero-order chi connectivity index (χ0) is 22.3. The van der Waals surface area contributed by atoms with E-state index < -0.39 is 27.1 Å². The number of hydrogen-bond acceptors (Lipinski definition) is 7. The fraction of sp³-hybridized carbons (Fsp3) is 0.200. The van der Waals surface area contributed by atoms with E-state index in [9.17, 15) is 25.0 Å². The monoisotopic (exact) mass is 442 g/mol. The molecule has 1 aliphatic heterocycles. The molecule has 0 saturated heterocycles. The first kappa shape index (κ1) is 20.5. The number of carbonyl (C=O) groups excluding carboxylic acids is 1. The van der Waals surface area contributed by atoms with Crippen LogP contribution in [0.3, 0.4) is 0 Å². The lowest BCUT2D eigenvalue weighted by Gasteiger charge is -2.26. The van der Waals surface area contributed by atoms with Crippen LogP contribution in [0, 0.1) is 27.2 Å². The van der Waals surface area contributed by atoms with Crippen molar-refractivity contribution < 1.29 is 19.2 Å². The van der Waals surface area contributed by atoms with Crippen molar-refractivity contribution >= 4 is 28.9 Å². The molecule has 0 fully saturated rings. The molecule has 0 bridgehead atoms. The van der Waals surface area contributed by atoms with E-state index in [2.05, 4.69) is 5.16 Å². The Balaban J connectivity index is 1.65. The van der Waals surface area contributed by atoms with E-state index in [1.54, 1.807) is 12.1 Å². The summed E-state index contributed by atoms with van der Waals surface area (Å²) in [5.41, 5.74) is 1.27. The molecule has 0 spiro atoms. The van der Waals surface area contributed by atoms with Crippen LogP contribution in [0.25, 0.3) is 11.3 Å². The van der Waals surface area contributed by atoms with Crippen molar-refractivity contribution in [3.05, 3.63) is 84.0 Å². The van der Waals surface area contributed by atoms with Crippen molar-refractivity contribution in [2.24, 2.45) is 0 Å². The van der Waals surface area contributed by atoms with Gasteiger partial charge in [-0.25, -0.2) is 0 Å². The second-order valence-corrected chi connectivity index (χ2v) is 7.51. The van der Waals surface area contributed by atoms with Crippen LogP contribution in [0.15, 0.2) is 40.9 Å². The molecule has 3 aromatic rings. The maximum Gasteiger partial charge on any atom is 0.279 e. The number of nitrogens with zero attached hydrogens (tertiary/aromatic N) is 4. The zero-order valence-corrected chi connectivity index (χ0v) is 17.0. The lowest BCUT2D eigenvalue weighted by atomic mass is 9.99. The summed E-state index contributed by atoms with van der Waals surface area (Å²) in [6.07, 6.45) is 0.457. The van der Waals surface area contributed by atoms with Crippen molar-refractivity contribution in [1.29, 1.82) is 0 Å². The lowest BCUT2D eigenvalue weighted by Crippen LogP contribution is -2.36. The Morgan fingerprint density at radius 1 is 1.16 bits per heavy atom. The fourth-order valence-corrected chi connectivity index (χ4v) is 3.73. The quantitative estimate of drug-likeness (QED) is 0.434. The average molecular weight is 443 g/mol. The first-order chi connectivity index (χ1) is 14.8. The summed E-state index contributed by atoms with van der Waals surface area (Å²) in [5, 5.41) is 27.2. The SMILES string of the molecule is Cc1c(C(=O)N2CCc3c(noc3-c3ccc(Cl)cc3)C2)cc([N+](=O)[O-])cc1[N+](=O)[O-]. The van der Waals surface area contributed by atoms with Gasteiger partial charge in [0.2, 0.25) is 0 Å². The number of fused-ring (bicyclic) bond motifs is 1. The highest BCUT2D eigenvalue weighted by Crippen LogP contribution is 2.33. The van der Waals surface area contributed by atoms with E-state index in [0.29, 0.717) is 29.4 Å². The van der Waals surface area contributed by atoms with E-state index in [1.165, 1.54) is 11.8 Å². The highest BCUT2D eigenvalue weighted by Gasteiger charge is 2.31. The number of aromatic nitrogens is 1. The zero-order valence-electron chi connectivity index (χ0n) is 16.2. The van der Waals surface area contributed by atoms with Crippen LogP contribution in [0.2, 0.25) is 5.02 Å². The van der Waals surface area contributed by atoms with Crippen molar-refractivity contribution in [2.75, 3.05) is 6.54 Å². The first-order valence-corrected chi connectivity index (χ1v) is 9.60. The summed E-state index contributed by atoms with van der Waals surface area (Å²) in [7, 11) is 0. The third-order valence-corrected chi connectivity index (χ3v) is 5.49. The molecule has 2 heterocycles. The lowest BCUT2D eigenvalue weighted by molar-refractivity contribution is -0.394. The molecule has 1 amide bonds. The van der Waals surface area contributed by atoms with Crippen molar-refractivity contribution in [2.45, 2.75) is 19.9 Å². The largest absolute Gasteiger partial charge is 0.356 e. The van der Waals surface area contributed by atoms with Crippen molar-refractivity contribution in [1.82, 2.24) is 10.1 Å². The van der Waals surface area contributed by atoms with Gasteiger partial charge in [-0.15, -0.1) is 0 Å². The van der Waals surface area contributed by atoms with Gasteiger partial charge in [0.15, 0.2) is 5.76 Å². The second-order valence-electron chi connectivity index (χ2n) is 7.07. The second kappa shape index (κ2) is 7.80. The molecule has 0 N–H and O–H groups in total. The minimum Gasteiger partial charge on any atom is -0.356 e. The molecule has 31 heavy (non-hydrogen) atoms. The Labute approximate surface area is 180 Å². The molecule has 0 saturated carbocycles. The Bertz CT molecular complexity index is 1220. The van der Waals surface area contributed by atoms with Crippen LogP contribution >= 0.6 is 11.6 Å². The van der Waals surface area contributed by atoms with E-state index in [-0.39, 0.29) is 17.7 Å². The summed E-state index contributed by atoms with van der Waals surface area (Å²) in [5.74, 6) is 0.0620. The molecule has 0 aliphatic carbocycles. The third kappa shape index (κ3) is 3.73. The van der Waals surface area contributed by atoms with Crippen molar-refractivity contribution in [3.63, 3.8) is 0 Å². The van der Waals surface area contributed by atoms with Crippen LogP contribution in [-0.2, 0) is 13.0 Å². The summed E-state index contributed by atoms with van der Waals surface area (Å²) in [4.78, 5) is 35.5. The first-order valence-electron chi connectivity index (χ1n) is 9.22. The summed E-state index contributed by atoms with van der Waals surface area (Å²) >= 11 is 5.93. The number of carbonyl (C=O) groups is 1. The minimum atomic E-state index is -0.756. The van der Waals surface area contributed by atoms with E-state index in [0.717, 1.165) is 23.3 Å². The van der Waals surface area contributed by atoms with E-state index in [4.69, 9.17) is 16.1 Å². The Morgan fingerprint density at radius 3 is 2.52 bits per heavy atom. The van der Waals surface area contributed by atoms with E-state index >= 15 is 0 Å². The Hall–Kier alpha value is -3.79. The fourth-order valence-electron chi connectivity index (χ4n) is 3.60. The number of rotatable bonds is 4. The molecular weight excluding hydrogens is 428 g/mol. The molecule has 1 aromatic heterocycles. The number of nitro groups is 2. The molecule has 4 rings (SSSR count). The topological polar surface area (TPSA) is 133 Å². The van der Waals surface area contributed by atoms with Gasteiger partial charge in [0.1, 0.15) is 5.69 Å². The average Bonchev–Trinajstić information content (AvgIpc) is 3.16. The summed E-state index contributed by atoms with van der Waals surface area (Å²) in [6.45, 7) is 1.84. The predicted molar refractivity (Wildman–Crippen MR) is 110 cm³/mol. The highest BCUT2D eigenvalue weighted by molar-refractivity contribution is 6.30.